The number of hydrogen-bond acceptors (Lipinski definition) is 5. The maximum atomic E-state index is 13.0. The lowest BCUT2D eigenvalue weighted by molar-refractivity contribution is -0.131. The topological polar surface area (TPSA) is 84.9 Å². The highest BCUT2D eigenvalue weighted by atomic mass is 79.9. The largest absolute Gasteiger partial charge is 0.493 e. The van der Waals surface area contributed by atoms with E-state index >= 15 is 0 Å². The van der Waals surface area contributed by atoms with Crippen molar-refractivity contribution in [2.24, 2.45) is 0 Å². The second kappa shape index (κ2) is 9.56. The average molecular weight is 499 g/mol. The van der Waals surface area contributed by atoms with Gasteiger partial charge < -0.3 is 9.47 Å². The van der Waals surface area contributed by atoms with E-state index in [9.17, 15) is 14.4 Å². The molecule has 1 aliphatic carbocycles. The fourth-order valence-electron chi connectivity index (χ4n) is 3.97. The minimum atomic E-state index is -0.691. The summed E-state index contributed by atoms with van der Waals surface area (Å²) in [5, 5.41) is 2.29. The SMILES string of the molecule is COc1cc(/C=C2\C(=O)NC(=O)N(C3CCCC3)C2=O)ccc1OCc1ccc(Br)cc1. The summed E-state index contributed by atoms with van der Waals surface area (Å²) in [4.78, 5) is 38.8. The Balaban J connectivity index is 1.54. The standard InChI is InChI=1S/C24H23BrN2O5/c1-31-21-13-16(8-11-20(21)32-14-15-6-9-17(25)10-7-15)12-19-22(28)26-24(30)27(23(19)29)18-4-2-3-5-18/h6-13,18H,2-5,14H2,1H3,(H,26,28,30)/b19-12+. The molecule has 1 saturated carbocycles. The molecule has 7 nitrogen and oxygen atoms in total. The summed E-state index contributed by atoms with van der Waals surface area (Å²) < 4.78 is 12.3. The summed E-state index contributed by atoms with van der Waals surface area (Å²) in [6.45, 7) is 0.365. The Morgan fingerprint density at radius 3 is 2.47 bits per heavy atom. The fraction of sp³-hybridized carbons (Fsp3) is 0.292. The van der Waals surface area contributed by atoms with E-state index < -0.39 is 17.8 Å². The molecule has 1 saturated heterocycles. The summed E-state index contributed by atoms with van der Waals surface area (Å²) >= 11 is 3.41. The van der Waals surface area contributed by atoms with E-state index in [0.29, 0.717) is 23.7 Å². The monoisotopic (exact) mass is 498 g/mol. The first-order valence-electron chi connectivity index (χ1n) is 10.4. The Bertz CT molecular complexity index is 1070. The molecule has 2 aromatic carbocycles. The highest BCUT2D eigenvalue weighted by Crippen LogP contribution is 2.31. The number of barbiturate groups is 1. The van der Waals surface area contributed by atoms with Crippen LogP contribution in [0.2, 0.25) is 0 Å². The molecule has 2 aromatic rings. The van der Waals surface area contributed by atoms with Crippen molar-refractivity contribution in [2.45, 2.75) is 38.3 Å². The summed E-state index contributed by atoms with van der Waals surface area (Å²) in [7, 11) is 1.53. The average Bonchev–Trinajstić information content (AvgIpc) is 3.31. The van der Waals surface area contributed by atoms with E-state index in [1.807, 2.05) is 24.3 Å². The van der Waals surface area contributed by atoms with E-state index in [2.05, 4.69) is 21.2 Å². The highest BCUT2D eigenvalue weighted by Gasteiger charge is 2.40. The number of ether oxygens (including phenoxy) is 2. The Kier molecular flexibility index (Phi) is 6.60. The van der Waals surface area contributed by atoms with Gasteiger partial charge in [0.15, 0.2) is 11.5 Å². The van der Waals surface area contributed by atoms with Gasteiger partial charge in [0.05, 0.1) is 7.11 Å². The Morgan fingerprint density at radius 1 is 1.06 bits per heavy atom. The van der Waals surface area contributed by atoms with E-state index in [0.717, 1.165) is 35.7 Å². The number of nitrogens with one attached hydrogen (secondary N) is 1. The van der Waals surface area contributed by atoms with Crippen molar-refractivity contribution in [3.63, 3.8) is 0 Å². The van der Waals surface area contributed by atoms with Crippen molar-refractivity contribution in [3.8, 4) is 11.5 Å². The van der Waals surface area contributed by atoms with Gasteiger partial charge in [0.2, 0.25) is 0 Å². The third-order valence-electron chi connectivity index (χ3n) is 5.63. The molecule has 0 bridgehead atoms. The molecule has 8 heteroatoms. The van der Waals surface area contributed by atoms with Gasteiger partial charge in [-0.3, -0.25) is 19.8 Å². The molecule has 2 aliphatic rings. The minimum absolute atomic E-state index is 0.0675. The Hall–Kier alpha value is -3.13. The lowest BCUT2D eigenvalue weighted by Gasteiger charge is -2.31. The van der Waals surface area contributed by atoms with Crippen LogP contribution in [0.25, 0.3) is 6.08 Å². The first-order valence-corrected chi connectivity index (χ1v) is 11.2. The molecule has 4 rings (SSSR count). The van der Waals surface area contributed by atoms with Crippen LogP contribution in [-0.4, -0.2) is 35.9 Å². The van der Waals surface area contributed by atoms with Crippen molar-refractivity contribution in [1.29, 1.82) is 0 Å². The maximum absolute atomic E-state index is 13.0. The van der Waals surface area contributed by atoms with E-state index in [4.69, 9.17) is 9.47 Å². The Labute approximate surface area is 194 Å². The number of imide groups is 2. The molecule has 0 spiro atoms. The molecular formula is C24H23BrN2O5. The highest BCUT2D eigenvalue weighted by molar-refractivity contribution is 9.10. The second-order valence-electron chi connectivity index (χ2n) is 7.76. The molecule has 2 fully saturated rings. The van der Waals surface area contributed by atoms with Crippen molar-refractivity contribution in [3.05, 3.63) is 63.6 Å². The van der Waals surface area contributed by atoms with Gasteiger partial charge in [-0.05, 0) is 54.3 Å². The third kappa shape index (κ3) is 4.70. The number of urea groups is 1. The summed E-state index contributed by atoms with van der Waals surface area (Å²) in [6.07, 6.45) is 4.94. The van der Waals surface area contributed by atoms with E-state index in [1.54, 1.807) is 18.2 Å². The second-order valence-corrected chi connectivity index (χ2v) is 8.67. The van der Waals surface area contributed by atoms with Crippen LogP contribution < -0.4 is 14.8 Å². The predicted octanol–water partition coefficient (Wildman–Crippen LogP) is 4.44. The first kappa shape index (κ1) is 22.1. The molecule has 0 aromatic heterocycles. The summed E-state index contributed by atoms with van der Waals surface area (Å²) in [6, 6.07) is 12.2. The van der Waals surface area contributed by atoms with Crippen LogP contribution in [0.4, 0.5) is 4.79 Å². The number of carbonyl (C=O) groups excluding carboxylic acids is 3. The van der Waals surface area contributed by atoms with Crippen LogP contribution in [-0.2, 0) is 16.2 Å². The van der Waals surface area contributed by atoms with Gasteiger partial charge in [-0.25, -0.2) is 4.79 Å². The third-order valence-corrected chi connectivity index (χ3v) is 6.16. The smallest absolute Gasteiger partial charge is 0.331 e. The minimum Gasteiger partial charge on any atom is -0.493 e. The van der Waals surface area contributed by atoms with Crippen LogP contribution >= 0.6 is 15.9 Å². The maximum Gasteiger partial charge on any atom is 0.331 e. The molecule has 32 heavy (non-hydrogen) atoms. The Morgan fingerprint density at radius 2 is 1.78 bits per heavy atom. The summed E-state index contributed by atoms with van der Waals surface area (Å²) in [5.41, 5.74) is 1.53. The molecule has 0 atom stereocenters. The van der Waals surface area contributed by atoms with Crippen LogP contribution in [0.5, 0.6) is 11.5 Å². The van der Waals surface area contributed by atoms with Crippen LogP contribution in [0.15, 0.2) is 52.5 Å². The molecule has 1 N–H and O–H groups in total. The number of amides is 4. The summed E-state index contributed by atoms with van der Waals surface area (Å²) in [5.74, 6) is -0.229. The van der Waals surface area contributed by atoms with Crippen LogP contribution in [0, 0.1) is 0 Å². The van der Waals surface area contributed by atoms with E-state index in [1.165, 1.54) is 18.1 Å². The molecule has 1 aliphatic heterocycles. The number of hydrogen-bond donors (Lipinski definition) is 1. The zero-order valence-corrected chi connectivity index (χ0v) is 19.2. The van der Waals surface area contributed by atoms with Crippen molar-refractivity contribution in [1.82, 2.24) is 10.2 Å². The van der Waals surface area contributed by atoms with Gasteiger partial charge in [-0.1, -0.05) is 47.0 Å². The fourth-order valence-corrected chi connectivity index (χ4v) is 4.23. The number of nitrogens with zero attached hydrogens (tertiary/aromatic N) is 1. The quantitative estimate of drug-likeness (QED) is 0.469. The van der Waals surface area contributed by atoms with Crippen LogP contribution in [0.1, 0.15) is 36.8 Å². The van der Waals surface area contributed by atoms with Gasteiger partial charge in [0, 0.05) is 10.5 Å². The molecule has 4 amide bonds. The van der Waals surface area contributed by atoms with Crippen molar-refractivity contribution < 1.29 is 23.9 Å². The lowest BCUT2D eigenvalue weighted by Crippen LogP contribution is -2.57. The van der Waals surface area contributed by atoms with Gasteiger partial charge in [0.25, 0.3) is 11.8 Å². The predicted molar refractivity (Wildman–Crippen MR) is 122 cm³/mol. The normalized spacial score (nSPS) is 18.2. The van der Waals surface area contributed by atoms with Gasteiger partial charge in [-0.2, -0.15) is 0 Å². The molecule has 1 heterocycles. The number of methoxy groups -OCH3 is 1. The van der Waals surface area contributed by atoms with Gasteiger partial charge in [0.1, 0.15) is 12.2 Å². The zero-order chi connectivity index (χ0) is 22.7. The van der Waals surface area contributed by atoms with Crippen LogP contribution in [0.3, 0.4) is 0 Å². The zero-order valence-electron chi connectivity index (χ0n) is 17.6. The molecule has 0 unspecified atom stereocenters. The van der Waals surface area contributed by atoms with Gasteiger partial charge in [-0.15, -0.1) is 0 Å². The number of benzene rings is 2. The lowest BCUT2D eigenvalue weighted by atomic mass is 10.0. The molecular weight excluding hydrogens is 476 g/mol. The van der Waals surface area contributed by atoms with Gasteiger partial charge >= 0.3 is 6.03 Å². The first-order chi connectivity index (χ1) is 15.5. The number of halogens is 1. The van der Waals surface area contributed by atoms with Crippen molar-refractivity contribution in [2.75, 3.05) is 7.11 Å². The van der Waals surface area contributed by atoms with E-state index in [-0.39, 0.29) is 11.6 Å². The molecule has 166 valence electrons. The molecule has 0 radical (unpaired) electrons. The number of carbonyl (C=O) groups is 3. The number of rotatable bonds is 6. The van der Waals surface area contributed by atoms with Crippen molar-refractivity contribution >= 4 is 39.9 Å².